The molecule has 5 heteroatoms. The van der Waals surface area contributed by atoms with Crippen LogP contribution < -0.4 is 4.74 Å². The van der Waals surface area contributed by atoms with Crippen LogP contribution in [-0.2, 0) is 0 Å². The minimum atomic E-state index is -0.812. The number of ketones is 1. The number of benzene rings is 3. The molecule has 1 heterocycles. The molecule has 0 aliphatic carbocycles. The van der Waals surface area contributed by atoms with Crippen molar-refractivity contribution in [1.82, 2.24) is 0 Å². The Kier molecular flexibility index (Phi) is 5.03. The molecule has 0 bridgehead atoms. The van der Waals surface area contributed by atoms with Crippen molar-refractivity contribution >= 4 is 28.8 Å². The summed E-state index contributed by atoms with van der Waals surface area (Å²) < 4.78 is 24.7. The van der Waals surface area contributed by atoms with Crippen molar-refractivity contribution in [3.63, 3.8) is 0 Å². The fourth-order valence-corrected chi connectivity index (χ4v) is 2.84. The smallest absolute Gasteiger partial charge is 0.346 e. The number of rotatable bonds is 5. The summed E-state index contributed by atoms with van der Waals surface area (Å²) in [6.07, 6.45) is 2.87. The number of esters is 1. The fourth-order valence-electron chi connectivity index (χ4n) is 2.84. The first-order chi connectivity index (χ1) is 14.1. The lowest BCUT2D eigenvalue weighted by Gasteiger charge is -2.08. The van der Waals surface area contributed by atoms with Gasteiger partial charge in [0.1, 0.15) is 17.1 Å². The maximum absolute atomic E-state index is 13.8. The van der Waals surface area contributed by atoms with Gasteiger partial charge in [0.15, 0.2) is 5.76 Å². The topological polar surface area (TPSA) is 56.5 Å². The van der Waals surface area contributed by atoms with E-state index in [1.165, 1.54) is 30.4 Å². The third-order valence-electron chi connectivity index (χ3n) is 4.30. The van der Waals surface area contributed by atoms with Crippen molar-refractivity contribution in [2.45, 2.75) is 0 Å². The molecule has 0 radical (unpaired) electrons. The molecule has 0 N–H and O–H groups in total. The highest BCUT2D eigenvalue weighted by molar-refractivity contribution is 6.07. The Morgan fingerprint density at radius 1 is 0.897 bits per heavy atom. The molecule has 0 amide bonds. The van der Waals surface area contributed by atoms with Gasteiger partial charge in [-0.15, -0.1) is 0 Å². The van der Waals surface area contributed by atoms with Gasteiger partial charge in [-0.2, -0.15) is 0 Å². The Labute approximate surface area is 165 Å². The van der Waals surface area contributed by atoms with Crippen LogP contribution in [0.1, 0.15) is 26.5 Å². The first kappa shape index (κ1) is 18.4. The molecule has 4 nitrogen and oxygen atoms in total. The number of hydrogen-bond donors (Lipinski definition) is 0. The molecule has 1 aromatic heterocycles. The first-order valence-corrected chi connectivity index (χ1v) is 8.88. The van der Waals surface area contributed by atoms with E-state index in [2.05, 4.69) is 0 Å². The zero-order valence-electron chi connectivity index (χ0n) is 15.2. The van der Waals surface area contributed by atoms with Crippen LogP contribution in [-0.4, -0.2) is 11.8 Å². The van der Waals surface area contributed by atoms with Crippen LogP contribution >= 0.6 is 0 Å². The van der Waals surface area contributed by atoms with E-state index in [1.54, 1.807) is 42.5 Å². The quantitative estimate of drug-likeness (QED) is 0.191. The fraction of sp³-hybridized carbons (Fsp3) is 0. The molecular formula is C24H15FO4. The molecule has 3 aromatic carbocycles. The molecular weight excluding hydrogens is 371 g/mol. The second-order valence-electron chi connectivity index (χ2n) is 6.25. The normalized spacial score (nSPS) is 11.1. The van der Waals surface area contributed by atoms with E-state index >= 15 is 0 Å². The third-order valence-corrected chi connectivity index (χ3v) is 4.30. The zero-order chi connectivity index (χ0) is 20.2. The van der Waals surface area contributed by atoms with E-state index in [1.807, 2.05) is 18.2 Å². The monoisotopic (exact) mass is 386 g/mol. The van der Waals surface area contributed by atoms with E-state index in [0.717, 1.165) is 5.39 Å². The van der Waals surface area contributed by atoms with Gasteiger partial charge in [0.2, 0.25) is 5.78 Å². The van der Waals surface area contributed by atoms with E-state index in [4.69, 9.17) is 9.15 Å². The summed E-state index contributed by atoms with van der Waals surface area (Å²) in [5.74, 6) is -1.37. The van der Waals surface area contributed by atoms with Crippen LogP contribution in [0.15, 0.2) is 89.4 Å². The largest absolute Gasteiger partial charge is 0.453 e. The van der Waals surface area contributed by atoms with Crippen LogP contribution in [0.3, 0.4) is 0 Å². The maximum atomic E-state index is 13.8. The van der Waals surface area contributed by atoms with Gasteiger partial charge in [-0.1, -0.05) is 48.5 Å². The van der Waals surface area contributed by atoms with Gasteiger partial charge >= 0.3 is 5.97 Å². The Balaban J connectivity index is 1.55. The second-order valence-corrected chi connectivity index (χ2v) is 6.25. The minimum Gasteiger partial charge on any atom is -0.453 e. The lowest BCUT2D eigenvalue weighted by molar-refractivity contribution is 0.0729. The predicted octanol–water partition coefficient (Wildman–Crippen LogP) is 5.69. The average molecular weight is 386 g/mol. The van der Waals surface area contributed by atoms with Gasteiger partial charge in [-0.05, 0) is 42.5 Å². The molecule has 0 unspecified atom stereocenters. The van der Waals surface area contributed by atoms with Crippen molar-refractivity contribution in [3.8, 4) is 5.75 Å². The highest BCUT2D eigenvalue weighted by atomic mass is 19.1. The summed E-state index contributed by atoms with van der Waals surface area (Å²) in [6.45, 7) is 0. The van der Waals surface area contributed by atoms with Crippen molar-refractivity contribution in [2.24, 2.45) is 0 Å². The second kappa shape index (κ2) is 7.94. The summed E-state index contributed by atoms with van der Waals surface area (Å²) in [4.78, 5) is 24.7. The van der Waals surface area contributed by atoms with Gasteiger partial charge in [0.25, 0.3) is 0 Å². The van der Waals surface area contributed by atoms with Crippen LogP contribution in [0.2, 0.25) is 0 Å². The van der Waals surface area contributed by atoms with E-state index in [-0.39, 0.29) is 22.9 Å². The minimum absolute atomic E-state index is 0.162. The number of furan rings is 1. The number of halogens is 1. The lowest BCUT2D eigenvalue weighted by atomic mass is 10.1. The molecule has 0 saturated heterocycles. The molecule has 4 rings (SSSR count). The number of fused-ring (bicyclic) bond motifs is 1. The van der Waals surface area contributed by atoms with E-state index in [9.17, 15) is 14.0 Å². The van der Waals surface area contributed by atoms with Crippen LogP contribution in [0.25, 0.3) is 17.0 Å². The molecule has 0 aliphatic rings. The highest BCUT2D eigenvalue weighted by Gasteiger charge is 2.15. The lowest BCUT2D eigenvalue weighted by Crippen LogP contribution is -2.11. The molecule has 29 heavy (non-hydrogen) atoms. The number of ether oxygens (including phenoxy) is 1. The van der Waals surface area contributed by atoms with Crippen LogP contribution in [0.4, 0.5) is 4.39 Å². The van der Waals surface area contributed by atoms with Gasteiger partial charge < -0.3 is 9.15 Å². The first-order valence-electron chi connectivity index (χ1n) is 8.88. The van der Waals surface area contributed by atoms with Crippen LogP contribution in [0.5, 0.6) is 5.75 Å². The van der Waals surface area contributed by atoms with Gasteiger partial charge in [0.05, 0.1) is 5.56 Å². The van der Waals surface area contributed by atoms with Crippen molar-refractivity contribution in [3.05, 3.63) is 108 Å². The summed E-state index contributed by atoms with van der Waals surface area (Å²) in [7, 11) is 0. The average Bonchev–Trinajstić information content (AvgIpc) is 3.17. The highest BCUT2D eigenvalue weighted by Crippen LogP contribution is 2.23. The summed E-state index contributed by atoms with van der Waals surface area (Å²) >= 11 is 0. The molecule has 0 aliphatic heterocycles. The van der Waals surface area contributed by atoms with Gasteiger partial charge in [-0.25, -0.2) is 9.18 Å². The summed E-state index contributed by atoms with van der Waals surface area (Å²) in [5, 5.41) is 0.837. The zero-order valence-corrected chi connectivity index (χ0v) is 15.2. The van der Waals surface area contributed by atoms with Crippen LogP contribution in [0, 0.1) is 5.82 Å². The molecule has 0 saturated carbocycles. The van der Waals surface area contributed by atoms with Crippen molar-refractivity contribution < 1.29 is 23.1 Å². The maximum Gasteiger partial charge on any atom is 0.346 e. The Morgan fingerprint density at radius 3 is 2.45 bits per heavy atom. The summed E-state index contributed by atoms with van der Waals surface area (Å²) in [6, 6.07) is 21.3. The molecule has 4 aromatic rings. The van der Waals surface area contributed by atoms with Gasteiger partial charge in [-0.3, -0.25) is 4.79 Å². The van der Waals surface area contributed by atoms with Crippen molar-refractivity contribution in [2.75, 3.05) is 0 Å². The molecule has 0 fully saturated rings. The van der Waals surface area contributed by atoms with E-state index in [0.29, 0.717) is 11.1 Å². The Bertz CT molecular complexity index is 1200. The van der Waals surface area contributed by atoms with E-state index < -0.39 is 11.8 Å². The number of carbonyl (C=O) groups is 2. The number of para-hydroxylation sites is 2. The number of hydrogen-bond acceptors (Lipinski definition) is 4. The number of carbonyl (C=O) groups excluding carboxylic acids is 2. The SMILES string of the molecule is O=C(/C=C\c1ccccc1OC(=O)c1ccccc1F)c1cc2ccccc2o1. The van der Waals surface area contributed by atoms with Crippen molar-refractivity contribution in [1.29, 1.82) is 0 Å². The Hall–Kier alpha value is -3.99. The third kappa shape index (κ3) is 3.99. The predicted molar refractivity (Wildman–Crippen MR) is 107 cm³/mol. The van der Waals surface area contributed by atoms with Gasteiger partial charge in [0, 0.05) is 10.9 Å². The molecule has 0 atom stereocenters. The standard InChI is InChI=1S/C24H15FO4/c25-19-10-4-3-9-18(19)24(27)29-21-11-5-1-7-16(21)13-14-20(26)23-15-17-8-2-6-12-22(17)28-23/h1-15H/b14-13-. The molecule has 0 spiro atoms. The number of allylic oxidation sites excluding steroid dienone is 1. The summed E-state index contributed by atoms with van der Waals surface area (Å²) in [5.41, 5.74) is 0.967. The Morgan fingerprint density at radius 2 is 1.62 bits per heavy atom. The molecule has 142 valence electrons.